The van der Waals surface area contributed by atoms with E-state index in [2.05, 4.69) is 17.4 Å². The number of nitrogens with one attached hydrogen (secondary N) is 1. The first-order valence-electron chi connectivity index (χ1n) is 8.96. The Morgan fingerprint density at radius 1 is 1.05 bits per heavy atom. The van der Waals surface area contributed by atoms with Crippen LogP contribution in [0.15, 0.2) is 30.3 Å². The second-order valence-corrected chi connectivity index (χ2v) is 6.62. The Morgan fingerprint density at radius 3 is 2.45 bits per heavy atom. The maximum atomic E-state index is 11.5. The largest absolute Gasteiger partial charge is 0.385 e. The summed E-state index contributed by atoms with van der Waals surface area (Å²) >= 11 is 0. The minimum Gasteiger partial charge on any atom is -0.385 e. The Hall–Kier alpha value is -0.900. The van der Waals surface area contributed by atoms with Crippen LogP contribution in [0.1, 0.15) is 56.9 Å². The average Bonchev–Trinajstić information content (AvgIpc) is 2.59. The van der Waals surface area contributed by atoms with E-state index in [0.717, 1.165) is 57.3 Å². The van der Waals surface area contributed by atoms with E-state index in [9.17, 15) is 5.11 Å². The maximum Gasteiger partial charge on any atom is 0.0936 e. The first-order chi connectivity index (χ1) is 10.8. The highest BCUT2D eigenvalue weighted by Gasteiger charge is 2.38. The van der Waals surface area contributed by atoms with Crippen LogP contribution in [-0.2, 0) is 5.60 Å². The molecule has 0 aromatic heterocycles. The van der Waals surface area contributed by atoms with E-state index >= 15 is 0 Å². The van der Waals surface area contributed by atoms with Crippen molar-refractivity contribution in [3.63, 3.8) is 0 Å². The molecule has 2 rings (SSSR count). The number of rotatable bonds is 9. The zero-order chi connectivity index (χ0) is 15.7. The molecule has 0 radical (unpaired) electrons. The summed E-state index contributed by atoms with van der Waals surface area (Å²) in [5.41, 5.74) is 5.93. The van der Waals surface area contributed by atoms with E-state index in [1.807, 2.05) is 18.2 Å². The van der Waals surface area contributed by atoms with Crippen molar-refractivity contribution in [3.05, 3.63) is 35.9 Å². The fourth-order valence-corrected chi connectivity index (χ4v) is 3.69. The fourth-order valence-electron chi connectivity index (χ4n) is 3.69. The second kappa shape index (κ2) is 9.29. The van der Waals surface area contributed by atoms with Gasteiger partial charge in [0.05, 0.1) is 5.60 Å². The molecule has 0 heterocycles. The molecule has 0 aliphatic heterocycles. The zero-order valence-corrected chi connectivity index (χ0v) is 13.8. The van der Waals surface area contributed by atoms with Crippen molar-refractivity contribution in [1.29, 1.82) is 0 Å². The molecular weight excluding hydrogens is 272 g/mol. The first kappa shape index (κ1) is 17.5. The van der Waals surface area contributed by atoms with Gasteiger partial charge >= 0.3 is 0 Å². The Labute approximate surface area is 135 Å². The van der Waals surface area contributed by atoms with Crippen molar-refractivity contribution in [2.75, 3.05) is 19.6 Å². The molecule has 0 spiro atoms. The number of hydrogen-bond donors (Lipinski definition) is 3. The SMILES string of the molecule is NCCCCNCCC(O)(c1ccccc1)C1CCCCC1. The molecule has 124 valence electrons. The molecule has 22 heavy (non-hydrogen) atoms. The van der Waals surface area contributed by atoms with Crippen molar-refractivity contribution in [2.24, 2.45) is 11.7 Å². The van der Waals surface area contributed by atoms with Crippen LogP contribution in [0.2, 0.25) is 0 Å². The summed E-state index contributed by atoms with van der Waals surface area (Å²) in [4.78, 5) is 0. The summed E-state index contributed by atoms with van der Waals surface area (Å²) < 4.78 is 0. The molecule has 1 fully saturated rings. The van der Waals surface area contributed by atoms with Gasteiger partial charge in [0.2, 0.25) is 0 Å². The maximum absolute atomic E-state index is 11.5. The third-order valence-electron chi connectivity index (χ3n) is 5.04. The molecule has 1 saturated carbocycles. The first-order valence-corrected chi connectivity index (χ1v) is 8.96. The van der Waals surface area contributed by atoms with Gasteiger partial charge in [-0.2, -0.15) is 0 Å². The Kier molecular flexibility index (Phi) is 7.37. The predicted octanol–water partition coefficient (Wildman–Crippen LogP) is 3.17. The lowest BCUT2D eigenvalue weighted by Gasteiger charge is -2.39. The van der Waals surface area contributed by atoms with Crippen molar-refractivity contribution >= 4 is 0 Å². The molecule has 1 aromatic carbocycles. The van der Waals surface area contributed by atoms with Gasteiger partial charge in [0.25, 0.3) is 0 Å². The smallest absolute Gasteiger partial charge is 0.0936 e. The van der Waals surface area contributed by atoms with E-state index in [1.54, 1.807) is 0 Å². The Balaban J connectivity index is 1.96. The van der Waals surface area contributed by atoms with Crippen LogP contribution in [0.3, 0.4) is 0 Å². The second-order valence-electron chi connectivity index (χ2n) is 6.62. The van der Waals surface area contributed by atoms with Gasteiger partial charge < -0.3 is 16.2 Å². The van der Waals surface area contributed by atoms with Crippen LogP contribution in [0, 0.1) is 5.92 Å². The minimum atomic E-state index is -0.678. The Bertz CT molecular complexity index is 403. The van der Waals surface area contributed by atoms with E-state index in [1.165, 1.54) is 19.3 Å². The molecule has 4 N–H and O–H groups in total. The molecule has 3 heteroatoms. The van der Waals surface area contributed by atoms with Gasteiger partial charge in [-0.1, -0.05) is 49.6 Å². The summed E-state index contributed by atoms with van der Waals surface area (Å²) in [6.07, 6.45) is 9.11. The highest BCUT2D eigenvalue weighted by atomic mass is 16.3. The lowest BCUT2D eigenvalue weighted by Crippen LogP contribution is -2.39. The molecule has 1 atom stereocenters. The zero-order valence-electron chi connectivity index (χ0n) is 13.8. The van der Waals surface area contributed by atoms with Gasteiger partial charge in [-0.25, -0.2) is 0 Å². The van der Waals surface area contributed by atoms with Crippen LogP contribution in [-0.4, -0.2) is 24.7 Å². The lowest BCUT2D eigenvalue weighted by molar-refractivity contribution is -0.0455. The van der Waals surface area contributed by atoms with Gasteiger partial charge in [0.15, 0.2) is 0 Å². The summed E-state index contributed by atoms with van der Waals surface area (Å²) in [6, 6.07) is 10.3. The number of aliphatic hydroxyl groups is 1. The molecule has 1 unspecified atom stereocenters. The standard InChI is InChI=1S/C19H32N2O/c20-14-7-8-15-21-16-13-19(22,17-9-3-1-4-10-17)18-11-5-2-6-12-18/h1,3-4,9-10,18,21-22H,2,5-8,11-16,20H2. The summed E-state index contributed by atoms with van der Waals surface area (Å²) in [7, 11) is 0. The fraction of sp³-hybridized carbons (Fsp3) is 0.684. The molecule has 1 aromatic rings. The predicted molar refractivity (Wildman–Crippen MR) is 92.7 cm³/mol. The van der Waals surface area contributed by atoms with Crippen molar-refractivity contribution in [1.82, 2.24) is 5.32 Å². The van der Waals surface area contributed by atoms with Gasteiger partial charge in [-0.3, -0.25) is 0 Å². The quantitative estimate of drug-likeness (QED) is 0.614. The van der Waals surface area contributed by atoms with Crippen molar-refractivity contribution in [2.45, 2.75) is 57.0 Å². The van der Waals surface area contributed by atoms with Crippen molar-refractivity contribution < 1.29 is 5.11 Å². The molecule has 0 saturated heterocycles. The summed E-state index contributed by atoms with van der Waals surface area (Å²) in [5, 5.41) is 14.9. The third kappa shape index (κ3) is 4.80. The number of hydrogen-bond acceptors (Lipinski definition) is 3. The van der Waals surface area contributed by atoms with Crippen LogP contribution < -0.4 is 11.1 Å². The Morgan fingerprint density at radius 2 is 1.77 bits per heavy atom. The number of unbranched alkanes of at least 4 members (excludes halogenated alkanes) is 1. The van der Waals surface area contributed by atoms with Crippen molar-refractivity contribution in [3.8, 4) is 0 Å². The summed E-state index contributed by atoms with van der Waals surface area (Å²) in [6.45, 7) is 2.62. The number of nitrogens with two attached hydrogens (primary N) is 1. The topological polar surface area (TPSA) is 58.3 Å². The van der Waals surface area contributed by atoms with Gasteiger partial charge in [0, 0.05) is 0 Å². The molecular formula is C19H32N2O. The molecule has 0 amide bonds. The monoisotopic (exact) mass is 304 g/mol. The highest BCUT2D eigenvalue weighted by molar-refractivity contribution is 5.23. The van der Waals surface area contributed by atoms with E-state index in [4.69, 9.17) is 5.73 Å². The number of benzene rings is 1. The highest BCUT2D eigenvalue weighted by Crippen LogP contribution is 2.41. The summed E-state index contributed by atoms with van der Waals surface area (Å²) in [5.74, 6) is 0.398. The van der Waals surface area contributed by atoms with E-state index in [0.29, 0.717) is 5.92 Å². The van der Waals surface area contributed by atoms with Gasteiger partial charge in [-0.15, -0.1) is 0 Å². The lowest BCUT2D eigenvalue weighted by atomic mass is 9.72. The van der Waals surface area contributed by atoms with E-state index in [-0.39, 0.29) is 0 Å². The average molecular weight is 304 g/mol. The van der Waals surface area contributed by atoms with Crippen LogP contribution in [0.5, 0.6) is 0 Å². The normalized spacial score (nSPS) is 19.0. The molecule has 1 aliphatic carbocycles. The van der Waals surface area contributed by atoms with Gasteiger partial charge in [-0.05, 0) is 63.2 Å². The molecule has 3 nitrogen and oxygen atoms in total. The van der Waals surface area contributed by atoms with Crippen LogP contribution >= 0.6 is 0 Å². The van der Waals surface area contributed by atoms with Gasteiger partial charge in [0.1, 0.15) is 0 Å². The third-order valence-corrected chi connectivity index (χ3v) is 5.04. The van der Waals surface area contributed by atoms with E-state index < -0.39 is 5.60 Å². The van der Waals surface area contributed by atoms with Crippen LogP contribution in [0.4, 0.5) is 0 Å². The molecule has 1 aliphatic rings. The molecule has 0 bridgehead atoms. The minimum absolute atomic E-state index is 0.398. The van der Waals surface area contributed by atoms with Crippen LogP contribution in [0.25, 0.3) is 0 Å².